The van der Waals surface area contributed by atoms with Crippen molar-refractivity contribution in [2.75, 3.05) is 6.61 Å². The molecule has 2 nitrogen and oxygen atoms in total. The van der Waals surface area contributed by atoms with Crippen LogP contribution in [0.2, 0.25) is 25.2 Å². The molecule has 0 bridgehead atoms. The topological polar surface area (TPSA) is 26.3 Å². The first-order chi connectivity index (χ1) is 6.89. The summed E-state index contributed by atoms with van der Waals surface area (Å²) in [5.74, 6) is -0.262. The van der Waals surface area contributed by atoms with Crippen LogP contribution >= 0.6 is 0 Å². The third-order valence-corrected chi connectivity index (χ3v) is 6.41. The zero-order valence-electron chi connectivity index (χ0n) is 10.6. The second-order valence-corrected chi connectivity index (χ2v) is 10.4. The summed E-state index contributed by atoms with van der Waals surface area (Å²) in [7, 11) is -0.934. The number of carbonyl (C=O) groups is 1. The largest absolute Gasteiger partial charge is 0.462 e. The lowest BCUT2D eigenvalue weighted by Gasteiger charge is -2.19. The normalized spacial score (nSPS) is 11.2. The van der Waals surface area contributed by atoms with Crippen LogP contribution in [0, 0.1) is 0 Å². The smallest absolute Gasteiger partial charge is 0.333 e. The Balaban J connectivity index is 3.48. The maximum Gasteiger partial charge on any atom is 0.333 e. The monoisotopic (exact) mass is 228 g/mol. The number of rotatable bonds is 7. The number of hydrogen-bond acceptors (Lipinski definition) is 2. The molecule has 0 aromatic carbocycles. The van der Waals surface area contributed by atoms with Gasteiger partial charge in [-0.05, 0) is 13.3 Å². The quantitative estimate of drug-likeness (QED) is 0.288. The number of hydrogen-bond donors (Lipinski definition) is 0. The molecule has 0 aromatic heterocycles. The molecule has 0 amide bonds. The Morgan fingerprint density at radius 3 is 2.40 bits per heavy atom. The van der Waals surface area contributed by atoms with Crippen LogP contribution < -0.4 is 0 Å². The van der Waals surface area contributed by atoms with E-state index in [1.165, 1.54) is 18.5 Å². The predicted molar refractivity (Wildman–Crippen MR) is 67.8 cm³/mol. The van der Waals surface area contributed by atoms with E-state index in [1.54, 1.807) is 6.92 Å². The fourth-order valence-electron chi connectivity index (χ4n) is 1.17. The van der Waals surface area contributed by atoms with E-state index in [4.69, 9.17) is 4.74 Å². The molecule has 0 radical (unpaired) electrons. The molecule has 3 heteroatoms. The molecule has 0 aliphatic heterocycles. The maximum atomic E-state index is 11.0. The average molecular weight is 228 g/mol. The van der Waals surface area contributed by atoms with Gasteiger partial charge in [0.05, 0.1) is 6.61 Å². The summed E-state index contributed by atoms with van der Waals surface area (Å²) in [5, 5.41) is 0. The van der Waals surface area contributed by atoms with E-state index in [9.17, 15) is 4.79 Å². The highest BCUT2D eigenvalue weighted by atomic mass is 28.3. The molecule has 0 spiro atoms. The molecule has 0 saturated carbocycles. The van der Waals surface area contributed by atoms with Gasteiger partial charge in [0.15, 0.2) is 0 Å². The SMILES string of the molecule is C=C(C)C(=O)OCCCC[Si](C)(C)CC. The van der Waals surface area contributed by atoms with Gasteiger partial charge >= 0.3 is 5.97 Å². The van der Waals surface area contributed by atoms with Gasteiger partial charge in [0.2, 0.25) is 0 Å². The van der Waals surface area contributed by atoms with Crippen molar-refractivity contribution >= 4 is 14.0 Å². The molecule has 0 aromatic rings. The highest BCUT2D eigenvalue weighted by Crippen LogP contribution is 2.17. The number of carbonyl (C=O) groups excluding carboxylic acids is 1. The van der Waals surface area contributed by atoms with Crippen molar-refractivity contribution in [2.45, 2.75) is 51.9 Å². The van der Waals surface area contributed by atoms with Gasteiger partial charge < -0.3 is 4.74 Å². The van der Waals surface area contributed by atoms with Gasteiger partial charge in [-0.1, -0.05) is 45.1 Å². The van der Waals surface area contributed by atoms with Crippen molar-refractivity contribution < 1.29 is 9.53 Å². The lowest BCUT2D eigenvalue weighted by molar-refractivity contribution is -0.139. The number of esters is 1. The van der Waals surface area contributed by atoms with E-state index in [2.05, 4.69) is 26.6 Å². The Kier molecular flexibility index (Phi) is 6.57. The fraction of sp³-hybridized carbons (Fsp3) is 0.750. The summed E-state index contributed by atoms with van der Waals surface area (Å²) >= 11 is 0. The minimum absolute atomic E-state index is 0.262. The molecule has 88 valence electrons. The van der Waals surface area contributed by atoms with Crippen LogP contribution in [0.5, 0.6) is 0 Å². The molecule has 0 fully saturated rings. The molecule has 0 saturated heterocycles. The summed E-state index contributed by atoms with van der Waals surface area (Å²) in [4.78, 5) is 11.0. The molecular weight excluding hydrogens is 204 g/mol. The summed E-state index contributed by atoms with van der Waals surface area (Å²) in [6.45, 7) is 12.8. The molecule has 0 N–H and O–H groups in total. The first-order valence-electron chi connectivity index (χ1n) is 5.71. The molecule has 0 atom stereocenters. The molecule has 0 unspecified atom stereocenters. The Bertz CT molecular complexity index is 222. The van der Waals surface area contributed by atoms with Gasteiger partial charge in [-0.15, -0.1) is 0 Å². The molecule has 0 rings (SSSR count). The van der Waals surface area contributed by atoms with Gasteiger partial charge in [0.25, 0.3) is 0 Å². The van der Waals surface area contributed by atoms with Crippen molar-refractivity contribution in [3.05, 3.63) is 12.2 Å². The maximum absolute atomic E-state index is 11.0. The first kappa shape index (κ1) is 14.4. The lowest BCUT2D eigenvalue weighted by atomic mass is 10.3. The summed E-state index contributed by atoms with van der Waals surface area (Å²) in [5.41, 5.74) is 0.485. The minimum atomic E-state index is -0.934. The van der Waals surface area contributed by atoms with E-state index in [-0.39, 0.29) is 5.97 Å². The summed E-state index contributed by atoms with van der Waals surface area (Å²) < 4.78 is 5.03. The van der Waals surface area contributed by atoms with Crippen LogP contribution in [0.4, 0.5) is 0 Å². The van der Waals surface area contributed by atoms with E-state index in [1.807, 2.05) is 0 Å². The van der Waals surface area contributed by atoms with Crippen LogP contribution in [-0.2, 0) is 9.53 Å². The highest BCUT2D eigenvalue weighted by molar-refractivity contribution is 6.77. The van der Waals surface area contributed by atoms with Crippen molar-refractivity contribution in [1.82, 2.24) is 0 Å². The second-order valence-electron chi connectivity index (χ2n) is 4.89. The summed E-state index contributed by atoms with van der Waals surface area (Å²) in [6.07, 6.45) is 2.16. The van der Waals surface area contributed by atoms with Crippen molar-refractivity contribution in [1.29, 1.82) is 0 Å². The van der Waals surface area contributed by atoms with Gasteiger partial charge in [0.1, 0.15) is 0 Å². The third kappa shape index (κ3) is 7.37. The van der Waals surface area contributed by atoms with Crippen molar-refractivity contribution in [3.63, 3.8) is 0 Å². The van der Waals surface area contributed by atoms with Crippen LogP contribution in [0.15, 0.2) is 12.2 Å². The van der Waals surface area contributed by atoms with Crippen LogP contribution in [0.1, 0.15) is 26.7 Å². The number of ether oxygens (including phenoxy) is 1. The van der Waals surface area contributed by atoms with Crippen molar-refractivity contribution in [2.24, 2.45) is 0 Å². The van der Waals surface area contributed by atoms with Gasteiger partial charge in [0, 0.05) is 13.6 Å². The standard InChI is InChI=1S/C12H24O2Si/c1-6-15(4,5)10-8-7-9-14-12(13)11(2)3/h2,6-10H2,1,3-5H3. The first-order valence-corrected chi connectivity index (χ1v) is 9.13. The molecule has 0 heterocycles. The minimum Gasteiger partial charge on any atom is -0.462 e. The van der Waals surface area contributed by atoms with E-state index < -0.39 is 8.07 Å². The van der Waals surface area contributed by atoms with Crippen LogP contribution in [0.25, 0.3) is 0 Å². The Morgan fingerprint density at radius 2 is 1.93 bits per heavy atom. The van der Waals surface area contributed by atoms with E-state index in [0.29, 0.717) is 12.2 Å². The van der Waals surface area contributed by atoms with Gasteiger partial charge in [-0.3, -0.25) is 0 Å². The highest BCUT2D eigenvalue weighted by Gasteiger charge is 2.16. The zero-order chi connectivity index (χ0) is 11.9. The van der Waals surface area contributed by atoms with E-state index >= 15 is 0 Å². The molecule has 0 aliphatic rings. The summed E-state index contributed by atoms with van der Waals surface area (Å²) in [6, 6.07) is 2.66. The van der Waals surface area contributed by atoms with Crippen LogP contribution in [-0.4, -0.2) is 20.7 Å². The fourth-order valence-corrected chi connectivity index (χ4v) is 2.73. The number of unbranched alkanes of at least 4 members (excludes halogenated alkanes) is 1. The van der Waals surface area contributed by atoms with Gasteiger partial charge in [-0.2, -0.15) is 0 Å². The predicted octanol–water partition coefficient (Wildman–Crippen LogP) is 3.61. The average Bonchev–Trinajstić information content (AvgIpc) is 2.16. The zero-order valence-corrected chi connectivity index (χ0v) is 11.6. The van der Waals surface area contributed by atoms with Gasteiger partial charge in [-0.25, -0.2) is 4.79 Å². The second kappa shape index (κ2) is 6.83. The Labute approximate surface area is 94.7 Å². The Hall–Kier alpha value is -0.573. The molecule has 15 heavy (non-hydrogen) atoms. The van der Waals surface area contributed by atoms with Crippen LogP contribution in [0.3, 0.4) is 0 Å². The lowest BCUT2D eigenvalue weighted by Crippen LogP contribution is -2.23. The molecule has 0 aliphatic carbocycles. The third-order valence-electron chi connectivity index (χ3n) is 2.79. The van der Waals surface area contributed by atoms with E-state index in [0.717, 1.165) is 6.42 Å². The molecular formula is C12H24O2Si. The Morgan fingerprint density at radius 1 is 1.33 bits per heavy atom. The van der Waals surface area contributed by atoms with Crippen molar-refractivity contribution in [3.8, 4) is 0 Å².